The number of H-pyrrole nitrogens is 1. The average molecular weight is 357 g/mol. The summed E-state index contributed by atoms with van der Waals surface area (Å²) in [5.41, 5.74) is 1.07. The third-order valence-electron chi connectivity index (χ3n) is 6.58. The van der Waals surface area contributed by atoms with Crippen LogP contribution in [0, 0.1) is 35.6 Å². The first-order valence-corrected chi connectivity index (χ1v) is 9.38. The smallest absolute Gasteiger partial charge is 0.267 e. The predicted molar refractivity (Wildman–Crippen MR) is 92.2 cm³/mol. The number of rotatable bonds is 3. The molecule has 0 aromatic carbocycles. The Labute approximate surface area is 150 Å². The van der Waals surface area contributed by atoms with E-state index in [1.54, 1.807) is 12.3 Å². The van der Waals surface area contributed by atoms with Gasteiger partial charge < -0.3 is 10.3 Å². The highest BCUT2D eigenvalue weighted by atomic mass is 19.1. The van der Waals surface area contributed by atoms with Gasteiger partial charge in [0.15, 0.2) is 0 Å². The Hall–Kier alpha value is -2.24. The molecule has 4 fully saturated rings. The average Bonchev–Trinajstić information content (AvgIpc) is 3.07. The van der Waals surface area contributed by atoms with Crippen molar-refractivity contribution in [1.29, 1.82) is 0 Å². The van der Waals surface area contributed by atoms with Crippen LogP contribution in [0.15, 0.2) is 24.4 Å². The van der Waals surface area contributed by atoms with E-state index in [-0.39, 0.29) is 17.5 Å². The highest BCUT2D eigenvalue weighted by molar-refractivity contribution is 5.94. The van der Waals surface area contributed by atoms with Crippen LogP contribution in [0.25, 0.3) is 11.1 Å². The summed E-state index contributed by atoms with van der Waals surface area (Å²) >= 11 is 0. The molecule has 0 atom stereocenters. The highest BCUT2D eigenvalue weighted by Crippen LogP contribution is 2.53. The molecule has 4 aliphatic rings. The van der Waals surface area contributed by atoms with Crippen LogP contribution in [0.3, 0.4) is 0 Å². The molecule has 6 rings (SSSR count). The van der Waals surface area contributed by atoms with Gasteiger partial charge in [-0.25, -0.2) is 0 Å². The van der Waals surface area contributed by atoms with Crippen LogP contribution >= 0.6 is 0 Å². The van der Waals surface area contributed by atoms with Crippen molar-refractivity contribution in [3.63, 3.8) is 0 Å². The standard InChI is InChI=1S/C20H21F2N3O/c21-17-2-1-15(19(22)24-17)14-8-16(23-9-14)20(26)25-18-12-4-10-3-11(6-12)7-13(18)5-10/h1-2,8-13,18,23H,3-7H2,(H,25,26). The van der Waals surface area contributed by atoms with Crippen LogP contribution in [0.5, 0.6) is 0 Å². The number of halogens is 2. The fraction of sp³-hybridized carbons (Fsp3) is 0.500. The quantitative estimate of drug-likeness (QED) is 0.819. The number of pyridine rings is 1. The molecule has 0 aliphatic heterocycles. The lowest BCUT2D eigenvalue weighted by Crippen LogP contribution is -2.55. The summed E-state index contributed by atoms with van der Waals surface area (Å²) in [6, 6.07) is 4.30. The predicted octanol–water partition coefficient (Wildman–Crippen LogP) is 3.91. The zero-order chi connectivity index (χ0) is 17.8. The van der Waals surface area contributed by atoms with Gasteiger partial charge in [-0.3, -0.25) is 4.79 Å². The van der Waals surface area contributed by atoms with E-state index in [0.29, 0.717) is 23.1 Å². The van der Waals surface area contributed by atoms with Crippen molar-refractivity contribution >= 4 is 5.91 Å². The number of aromatic nitrogens is 2. The number of amides is 1. The second-order valence-electron chi connectivity index (χ2n) is 8.20. The Bertz CT molecular complexity index is 834. The minimum absolute atomic E-state index is 0.149. The monoisotopic (exact) mass is 357 g/mol. The Morgan fingerprint density at radius 1 is 1.08 bits per heavy atom. The molecule has 1 amide bonds. The molecule has 4 nitrogen and oxygen atoms in total. The van der Waals surface area contributed by atoms with Gasteiger partial charge in [-0.05, 0) is 74.0 Å². The van der Waals surface area contributed by atoms with Gasteiger partial charge in [-0.1, -0.05) is 0 Å². The molecule has 0 radical (unpaired) electrons. The van der Waals surface area contributed by atoms with Crippen molar-refractivity contribution in [2.24, 2.45) is 23.7 Å². The molecule has 2 heterocycles. The van der Waals surface area contributed by atoms with Crippen LogP contribution in [0.1, 0.15) is 42.6 Å². The molecule has 2 N–H and O–H groups in total. The molecule has 4 bridgehead atoms. The van der Waals surface area contributed by atoms with Crippen LogP contribution in [-0.4, -0.2) is 21.9 Å². The van der Waals surface area contributed by atoms with Gasteiger partial charge in [0.2, 0.25) is 11.9 Å². The summed E-state index contributed by atoms with van der Waals surface area (Å²) in [6.07, 6.45) is 7.89. The third kappa shape index (κ3) is 2.63. The number of nitrogens with one attached hydrogen (secondary N) is 2. The first-order chi connectivity index (χ1) is 12.6. The van der Waals surface area contributed by atoms with Crippen LogP contribution in [0.4, 0.5) is 8.78 Å². The van der Waals surface area contributed by atoms with E-state index < -0.39 is 11.9 Å². The van der Waals surface area contributed by atoms with E-state index in [4.69, 9.17) is 0 Å². The molecule has 4 aliphatic carbocycles. The molecule has 0 unspecified atom stereocenters. The van der Waals surface area contributed by atoms with E-state index in [0.717, 1.165) is 17.9 Å². The summed E-state index contributed by atoms with van der Waals surface area (Å²) in [5.74, 6) is 1.03. The van der Waals surface area contributed by atoms with Crippen LogP contribution < -0.4 is 5.32 Å². The van der Waals surface area contributed by atoms with Crippen molar-refractivity contribution in [2.75, 3.05) is 0 Å². The zero-order valence-corrected chi connectivity index (χ0v) is 14.3. The fourth-order valence-electron chi connectivity index (χ4n) is 5.70. The molecule has 2 aromatic heterocycles. The number of aromatic amines is 1. The lowest BCUT2D eigenvalue weighted by molar-refractivity contribution is -0.0120. The largest absolute Gasteiger partial charge is 0.357 e. The van der Waals surface area contributed by atoms with Gasteiger partial charge in [0.1, 0.15) is 5.69 Å². The Morgan fingerprint density at radius 2 is 1.77 bits per heavy atom. The second-order valence-corrected chi connectivity index (χ2v) is 8.20. The van der Waals surface area contributed by atoms with Crippen molar-refractivity contribution in [1.82, 2.24) is 15.3 Å². The number of nitrogens with zero attached hydrogens (tertiary/aromatic N) is 1. The topological polar surface area (TPSA) is 57.8 Å². The minimum Gasteiger partial charge on any atom is -0.357 e. The van der Waals surface area contributed by atoms with E-state index in [1.165, 1.54) is 38.2 Å². The van der Waals surface area contributed by atoms with E-state index in [1.807, 2.05) is 0 Å². The first-order valence-electron chi connectivity index (χ1n) is 9.38. The minimum atomic E-state index is -0.878. The number of hydrogen-bond donors (Lipinski definition) is 2. The van der Waals surface area contributed by atoms with Gasteiger partial charge in [-0.2, -0.15) is 13.8 Å². The van der Waals surface area contributed by atoms with Gasteiger partial charge in [0.25, 0.3) is 5.91 Å². The zero-order valence-electron chi connectivity index (χ0n) is 14.3. The summed E-state index contributed by atoms with van der Waals surface area (Å²) < 4.78 is 26.8. The molecule has 4 saturated carbocycles. The summed E-state index contributed by atoms with van der Waals surface area (Å²) in [5, 5.41) is 3.23. The van der Waals surface area contributed by atoms with Crippen LogP contribution in [0.2, 0.25) is 0 Å². The Kier molecular flexibility index (Phi) is 3.62. The summed E-state index contributed by atoms with van der Waals surface area (Å²) in [4.78, 5) is 18.8. The van der Waals surface area contributed by atoms with Gasteiger partial charge >= 0.3 is 0 Å². The number of carbonyl (C=O) groups is 1. The van der Waals surface area contributed by atoms with Crippen molar-refractivity contribution < 1.29 is 13.6 Å². The molecule has 0 spiro atoms. The van der Waals surface area contributed by atoms with Crippen molar-refractivity contribution in [2.45, 2.75) is 38.1 Å². The van der Waals surface area contributed by atoms with Gasteiger partial charge in [0.05, 0.1) is 0 Å². The Morgan fingerprint density at radius 3 is 2.42 bits per heavy atom. The Balaban J connectivity index is 1.33. The summed E-state index contributed by atoms with van der Waals surface area (Å²) in [7, 11) is 0. The first kappa shape index (κ1) is 16.0. The molecule has 136 valence electrons. The lowest BCUT2D eigenvalue weighted by Gasteiger charge is -2.54. The molecule has 26 heavy (non-hydrogen) atoms. The second kappa shape index (κ2) is 5.89. The third-order valence-corrected chi connectivity index (χ3v) is 6.58. The van der Waals surface area contributed by atoms with Gasteiger partial charge in [0, 0.05) is 23.4 Å². The molecule has 2 aromatic rings. The van der Waals surface area contributed by atoms with Crippen molar-refractivity contribution in [3.8, 4) is 11.1 Å². The van der Waals surface area contributed by atoms with E-state index >= 15 is 0 Å². The lowest BCUT2D eigenvalue weighted by atomic mass is 9.54. The number of hydrogen-bond acceptors (Lipinski definition) is 2. The summed E-state index contributed by atoms with van der Waals surface area (Å²) in [6.45, 7) is 0. The van der Waals surface area contributed by atoms with Gasteiger partial charge in [-0.15, -0.1) is 0 Å². The van der Waals surface area contributed by atoms with E-state index in [2.05, 4.69) is 15.3 Å². The SMILES string of the molecule is O=C(NC1C2CC3CC(C2)CC1C3)c1cc(-c2ccc(F)nc2F)c[nH]1. The maximum absolute atomic E-state index is 13.9. The highest BCUT2D eigenvalue weighted by Gasteiger charge is 2.48. The maximum Gasteiger partial charge on any atom is 0.267 e. The van der Waals surface area contributed by atoms with E-state index in [9.17, 15) is 13.6 Å². The molecule has 0 saturated heterocycles. The molecular weight excluding hydrogens is 336 g/mol. The normalized spacial score (nSPS) is 32.0. The van der Waals surface area contributed by atoms with Crippen molar-refractivity contribution in [3.05, 3.63) is 42.0 Å². The fourth-order valence-corrected chi connectivity index (χ4v) is 5.70. The maximum atomic E-state index is 13.9. The number of carbonyl (C=O) groups excluding carboxylic acids is 1. The van der Waals surface area contributed by atoms with Crippen LogP contribution in [-0.2, 0) is 0 Å². The molecular formula is C20H21F2N3O. The molecule has 6 heteroatoms.